The smallest absolute Gasteiger partial charge is 0.272 e. The van der Waals surface area contributed by atoms with Gasteiger partial charge in [-0.3, -0.25) is 4.79 Å². The van der Waals surface area contributed by atoms with Crippen LogP contribution in [0.15, 0.2) is 17.6 Å². The van der Waals surface area contributed by atoms with Gasteiger partial charge in [-0.1, -0.05) is 0 Å². The van der Waals surface area contributed by atoms with E-state index in [2.05, 4.69) is 25.8 Å². The Morgan fingerprint density at radius 3 is 2.79 bits per heavy atom. The number of hydrogen-bond donors (Lipinski definition) is 2. The molecular weight excluding hydrogens is 262 g/mol. The molecule has 2 aromatic heterocycles. The zero-order valence-electron chi connectivity index (χ0n) is 10.8. The molecule has 0 aliphatic rings. The van der Waals surface area contributed by atoms with Crippen LogP contribution in [-0.4, -0.2) is 27.6 Å². The second-order valence-electron chi connectivity index (χ2n) is 3.88. The van der Waals surface area contributed by atoms with Gasteiger partial charge in [0.15, 0.2) is 5.69 Å². The first-order valence-corrected chi connectivity index (χ1v) is 6.83. The first-order chi connectivity index (χ1) is 9.20. The Labute approximate surface area is 115 Å². The first-order valence-electron chi connectivity index (χ1n) is 5.95. The lowest BCUT2D eigenvalue weighted by atomic mass is 10.3. The van der Waals surface area contributed by atoms with Gasteiger partial charge in [-0.25, -0.2) is 4.98 Å². The molecule has 2 rings (SSSR count). The lowest BCUT2D eigenvalue weighted by molar-refractivity contribution is 0.0945. The van der Waals surface area contributed by atoms with Crippen molar-refractivity contribution >= 4 is 23.1 Å². The number of hydrogen-bond acceptors (Lipinski definition) is 6. The fraction of sp³-hybridized carbons (Fsp3) is 0.333. The number of nitrogens with one attached hydrogen (secondary N) is 2. The summed E-state index contributed by atoms with van der Waals surface area (Å²) >= 11 is 1.52. The van der Waals surface area contributed by atoms with Crippen molar-refractivity contribution in [3.8, 4) is 0 Å². The molecule has 0 bridgehead atoms. The van der Waals surface area contributed by atoms with Crippen LogP contribution in [-0.2, 0) is 6.54 Å². The van der Waals surface area contributed by atoms with Gasteiger partial charge in [0.1, 0.15) is 5.82 Å². The lowest BCUT2D eigenvalue weighted by Gasteiger charge is -2.04. The van der Waals surface area contributed by atoms with Crippen molar-refractivity contribution in [2.45, 2.75) is 20.4 Å². The van der Waals surface area contributed by atoms with Gasteiger partial charge >= 0.3 is 0 Å². The van der Waals surface area contributed by atoms with E-state index in [9.17, 15) is 4.79 Å². The van der Waals surface area contributed by atoms with E-state index in [4.69, 9.17) is 0 Å². The molecule has 2 heterocycles. The number of amides is 1. The molecule has 0 radical (unpaired) electrons. The minimum absolute atomic E-state index is 0.233. The van der Waals surface area contributed by atoms with E-state index in [-0.39, 0.29) is 5.91 Å². The summed E-state index contributed by atoms with van der Waals surface area (Å²) < 4.78 is 0. The highest BCUT2D eigenvalue weighted by Gasteiger charge is 2.09. The minimum Gasteiger partial charge on any atom is -0.369 e. The summed E-state index contributed by atoms with van der Waals surface area (Å²) in [7, 11) is 0. The van der Waals surface area contributed by atoms with E-state index in [1.54, 1.807) is 17.6 Å². The molecular formula is C12H15N5OS. The molecule has 0 saturated heterocycles. The van der Waals surface area contributed by atoms with Crippen LogP contribution in [0.2, 0.25) is 0 Å². The van der Waals surface area contributed by atoms with E-state index in [1.807, 2.05) is 13.8 Å². The quantitative estimate of drug-likeness (QED) is 0.868. The Kier molecular flexibility index (Phi) is 4.40. The standard InChI is InChI=1S/C12H15N5OS/c1-3-13-11-5-4-9(16-17-11)12(18)14-6-10-8(2)15-7-19-10/h4-5,7H,3,6H2,1-2H3,(H,13,17)(H,14,18). The summed E-state index contributed by atoms with van der Waals surface area (Å²) in [5.74, 6) is 0.431. The Bertz CT molecular complexity index is 552. The molecule has 2 aromatic rings. The maximum Gasteiger partial charge on any atom is 0.272 e. The number of rotatable bonds is 5. The van der Waals surface area contributed by atoms with Gasteiger partial charge in [-0.2, -0.15) is 0 Å². The third-order valence-corrected chi connectivity index (χ3v) is 3.44. The zero-order valence-corrected chi connectivity index (χ0v) is 11.6. The van der Waals surface area contributed by atoms with Gasteiger partial charge in [0.05, 0.1) is 17.7 Å². The number of aryl methyl sites for hydroxylation is 1. The van der Waals surface area contributed by atoms with Gasteiger partial charge in [0, 0.05) is 11.4 Å². The average molecular weight is 277 g/mol. The molecule has 0 saturated carbocycles. The monoisotopic (exact) mass is 277 g/mol. The Morgan fingerprint density at radius 1 is 1.37 bits per heavy atom. The topological polar surface area (TPSA) is 79.8 Å². The normalized spacial score (nSPS) is 10.2. The van der Waals surface area contributed by atoms with Crippen LogP contribution in [0.3, 0.4) is 0 Å². The highest BCUT2D eigenvalue weighted by molar-refractivity contribution is 7.09. The van der Waals surface area contributed by atoms with Crippen molar-refractivity contribution in [1.29, 1.82) is 0 Å². The molecule has 7 heteroatoms. The number of anilines is 1. The van der Waals surface area contributed by atoms with Crippen LogP contribution in [0, 0.1) is 6.92 Å². The fourth-order valence-corrected chi connectivity index (χ4v) is 2.19. The maximum absolute atomic E-state index is 11.9. The van der Waals surface area contributed by atoms with Gasteiger partial charge in [0.2, 0.25) is 0 Å². The van der Waals surface area contributed by atoms with Gasteiger partial charge in [-0.15, -0.1) is 21.5 Å². The number of nitrogens with zero attached hydrogens (tertiary/aromatic N) is 3. The van der Waals surface area contributed by atoms with Crippen molar-refractivity contribution < 1.29 is 4.79 Å². The van der Waals surface area contributed by atoms with Crippen LogP contribution in [0.4, 0.5) is 5.82 Å². The van der Waals surface area contributed by atoms with Gasteiger partial charge < -0.3 is 10.6 Å². The highest BCUT2D eigenvalue weighted by Crippen LogP contribution is 2.11. The van der Waals surface area contributed by atoms with Crippen LogP contribution >= 0.6 is 11.3 Å². The third kappa shape index (κ3) is 3.47. The number of thiazole rings is 1. The largest absolute Gasteiger partial charge is 0.369 e. The van der Waals surface area contributed by atoms with E-state index >= 15 is 0 Å². The predicted octanol–water partition coefficient (Wildman–Crippen LogP) is 1.60. The van der Waals surface area contributed by atoms with Crippen molar-refractivity contribution in [3.05, 3.63) is 33.9 Å². The lowest BCUT2D eigenvalue weighted by Crippen LogP contribution is -2.24. The molecule has 0 aromatic carbocycles. The Morgan fingerprint density at radius 2 is 2.21 bits per heavy atom. The van der Waals surface area contributed by atoms with Crippen molar-refractivity contribution in [1.82, 2.24) is 20.5 Å². The van der Waals surface area contributed by atoms with Crippen molar-refractivity contribution in [3.63, 3.8) is 0 Å². The number of carbonyl (C=O) groups is 1. The summed E-state index contributed by atoms with van der Waals surface area (Å²) in [5.41, 5.74) is 3.02. The van der Waals surface area contributed by atoms with Crippen LogP contribution in [0.1, 0.15) is 28.0 Å². The average Bonchev–Trinajstić information content (AvgIpc) is 2.83. The third-order valence-electron chi connectivity index (χ3n) is 2.51. The van der Waals surface area contributed by atoms with E-state index in [0.29, 0.717) is 18.1 Å². The molecule has 0 unspecified atom stereocenters. The second-order valence-corrected chi connectivity index (χ2v) is 4.82. The summed E-state index contributed by atoms with van der Waals surface area (Å²) in [6, 6.07) is 3.39. The van der Waals surface area contributed by atoms with E-state index < -0.39 is 0 Å². The molecule has 100 valence electrons. The van der Waals surface area contributed by atoms with Gasteiger partial charge in [-0.05, 0) is 26.0 Å². The first kappa shape index (κ1) is 13.4. The van der Waals surface area contributed by atoms with Crippen LogP contribution < -0.4 is 10.6 Å². The molecule has 0 atom stereocenters. The Hall–Kier alpha value is -2.02. The fourth-order valence-electron chi connectivity index (χ4n) is 1.48. The molecule has 0 aliphatic heterocycles. The molecule has 0 aliphatic carbocycles. The highest BCUT2D eigenvalue weighted by atomic mass is 32.1. The second kappa shape index (κ2) is 6.24. The zero-order chi connectivity index (χ0) is 13.7. The maximum atomic E-state index is 11.9. The summed E-state index contributed by atoms with van der Waals surface area (Å²) in [5, 5.41) is 13.6. The summed E-state index contributed by atoms with van der Waals surface area (Å²) in [6.07, 6.45) is 0. The number of aromatic nitrogens is 3. The molecule has 6 nitrogen and oxygen atoms in total. The van der Waals surface area contributed by atoms with Crippen molar-refractivity contribution in [2.24, 2.45) is 0 Å². The molecule has 0 fully saturated rings. The van der Waals surface area contributed by atoms with Crippen LogP contribution in [0.25, 0.3) is 0 Å². The molecule has 2 N–H and O–H groups in total. The molecule has 0 spiro atoms. The molecule has 19 heavy (non-hydrogen) atoms. The summed E-state index contributed by atoms with van der Waals surface area (Å²) in [4.78, 5) is 17.0. The Balaban J connectivity index is 1.94. The molecule has 1 amide bonds. The van der Waals surface area contributed by atoms with Crippen LogP contribution in [0.5, 0.6) is 0 Å². The van der Waals surface area contributed by atoms with E-state index in [1.165, 1.54) is 11.3 Å². The predicted molar refractivity (Wildman–Crippen MR) is 74.2 cm³/mol. The summed E-state index contributed by atoms with van der Waals surface area (Å²) in [6.45, 7) is 5.12. The SMILES string of the molecule is CCNc1ccc(C(=O)NCc2scnc2C)nn1. The minimum atomic E-state index is -0.233. The van der Waals surface area contributed by atoms with E-state index in [0.717, 1.165) is 17.1 Å². The number of carbonyl (C=O) groups excluding carboxylic acids is 1. The van der Waals surface area contributed by atoms with Crippen molar-refractivity contribution in [2.75, 3.05) is 11.9 Å². The van der Waals surface area contributed by atoms with Gasteiger partial charge in [0.25, 0.3) is 5.91 Å².